The molecule has 0 saturated carbocycles. The third-order valence-corrected chi connectivity index (χ3v) is 4.14. The summed E-state index contributed by atoms with van der Waals surface area (Å²) in [4.78, 5) is 34.8. The van der Waals surface area contributed by atoms with E-state index in [1.54, 1.807) is 6.92 Å². The highest BCUT2D eigenvalue weighted by molar-refractivity contribution is 6.61. The van der Waals surface area contributed by atoms with E-state index in [1.807, 2.05) is 23.9 Å². The van der Waals surface area contributed by atoms with Crippen LogP contribution < -0.4 is 23.0 Å². The molecule has 2 aliphatic heterocycles. The number of hydrogen-bond donors (Lipinski definition) is 5. The number of carbonyl (C=O) groups is 3. The lowest BCUT2D eigenvalue weighted by atomic mass is 10.2. The van der Waals surface area contributed by atoms with Crippen LogP contribution in [0.2, 0.25) is 0 Å². The average molecular weight is 413 g/mol. The lowest BCUT2D eigenvalue weighted by Crippen LogP contribution is -2.44. The number of hydrogen-bond acceptors (Lipinski definition) is 9. The summed E-state index contributed by atoms with van der Waals surface area (Å²) in [6.45, 7) is 3.97. The van der Waals surface area contributed by atoms with Gasteiger partial charge in [-0.1, -0.05) is 0 Å². The number of nitrogens with zero attached hydrogens (tertiary/aromatic N) is 2. The van der Waals surface area contributed by atoms with Gasteiger partial charge in [-0.2, -0.15) is 0 Å². The predicted molar refractivity (Wildman–Crippen MR) is 103 cm³/mol. The molecule has 2 aliphatic rings. The molecule has 0 radical (unpaired) electrons. The van der Waals surface area contributed by atoms with Crippen molar-refractivity contribution in [2.75, 3.05) is 33.8 Å². The molecule has 0 bridgehead atoms. The van der Waals surface area contributed by atoms with Crippen molar-refractivity contribution in [3.63, 3.8) is 0 Å². The summed E-state index contributed by atoms with van der Waals surface area (Å²) in [6, 6.07) is -0.213. The number of carboxylic acids is 1. The van der Waals surface area contributed by atoms with Gasteiger partial charge in [0, 0.05) is 11.6 Å². The fourth-order valence-corrected chi connectivity index (χ4v) is 2.78. The van der Waals surface area contributed by atoms with E-state index >= 15 is 0 Å². The summed E-state index contributed by atoms with van der Waals surface area (Å²) < 4.78 is 4.17. The third kappa shape index (κ3) is 12.5. The Balaban J connectivity index is 0. The third-order valence-electron chi connectivity index (χ3n) is 4.03. The number of nitrogens with one attached hydrogen (secondary N) is 1. The normalized spacial score (nSPS) is 21.4. The number of rotatable bonds is 3. The number of hydrazine groups is 2. The minimum absolute atomic E-state index is 0.00463. The van der Waals surface area contributed by atoms with Gasteiger partial charge in [0.2, 0.25) is 0 Å². The molecule has 0 aromatic heterocycles. The number of aliphatic carboxylic acids is 1. The van der Waals surface area contributed by atoms with E-state index in [0.717, 1.165) is 38.8 Å². The summed E-state index contributed by atoms with van der Waals surface area (Å²) >= 11 is 4.72. The number of likely N-dealkylation sites (N-methyl/N-ethyl adjacent to an activating group) is 2. The topological polar surface area (TPSA) is 177 Å². The van der Waals surface area contributed by atoms with Gasteiger partial charge in [0.25, 0.3) is 5.91 Å². The average Bonchev–Trinajstić information content (AvgIpc) is 3.25. The zero-order valence-electron chi connectivity index (χ0n) is 16.2. The van der Waals surface area contributed by atoms with Crippen molar-refractivity contribution in [2.45, 2.75) is 44.7 Å². The lowest BCUT2D eigenvalue weighted by Gasteiger charge is -2.16. The van der Waals surface area contributed by atoms with Crippen LogP contribution in [-0.2, 0) is 14.3 Å². The molecule has 27 heavy (non-hydrogen) atoms. The van der Waals surface area contributed by atoms with Gasteiger partial charge >= 0.3 is 11.4 Å². The highest BCUT2D eigenvalue weighted by Crippen LogP contribution is 2.14. The molecule has 2 heterocycles. The summed E-state index contributed by atoms with van der Waals surface area (Å²) in [5, 5.41) is 8.54. The first kappa shape index (κ1) is 27.7. The Hall–Kier alpha value is -1.50. The highest BCUT2D eigenvalue weighted by atomic mass is 35.5. The Bertz CT molecular complexity index is 443. The second-order valence-corrected chi connectivity index (χ2v) is 6.10. The van der Waals surface area contributed by atoms with Crippen molar-refractivity contribution in [2.24, 2.45) is 17.5 Å². The Morgan fingerprint density at radius 1 is 1.11 bits per heavy atom. The largest absolute Gasteiger partial charge is 0.480 e. The van der Waals surface area contributed by atoms with Crippen LogP contribution in [0.4, 0.5) is 4.79 Å². The number of carboxylic acid groups (broad SMARTS) is 1. The molecule has 2 fully saturated rings. The fourth-order valence-electron chi connectivity index (χ4n) is 2.67. The van der Waals surface area contributed by atoms with E-state index in [1.165, 1.54) is 0 Å². The van der Waals surface area contributed by atoms with Crippen molar-refractivity contribution < 1.29 is 24.2 Å². The van der Waals surface area contributed by atoms with Crippen LogP contribution >= 0.6 is 11.6 Å². The monoisotopic (exact) mass is 412 g/mol. The molecule has 0 aliphatic carbocycles. The van der Waals surface area contributed by atoms with Crippen molar-refractivity contribution in [1.29, 1.82) is 0 Å². The quantitative estimate of drug-likeness (QED) is 0.174. The van der Waals surface area contributed by atoms with Crippen LogP contribution in [0.1, 0.15) is 32.6 Å². The SMILES string of the molecule is CCOC(=O)Cl.CN1CCCC1C(=O)NN.CN1CCCC1C(=O)O.NN. The molecule has 1 amide bonds. The number of carbonyl (C=O) groups excluding carboxylic acids is 2. The van der Waals surface area contributed by atoms with Crippen molar-refractivity contribution in [3.05, 3.63) is 0 Å². The lowest BCUT2D eigenvalue weighted by molar-refractivity contribution is -0.141. The zero-order chi connectivity index (χ0) is 21.4. The molecule has 2 unspecified atom stereocenters. The molecular formula is C15H33ClN6O5. The summed E-state index contributed by atoms with van der Waals surface area (Å²) in [5.41, 5.74) is 1.42. The van der Waals surface area contributed by atoms with E-state index in [-0.39, 0.29) is 18.0 Å². The smallest absolute Gasteiger partial charge is 0.403 e. The Morgan fingerprint density at radius 2 is 1.56 bits per heavy atom. The minimum atomic E-state index is -0.738. The summed E-state index contributed by atoms with van der Waals surface area (Å²) in [5.74, 6) is 12.2. The highest BCUT2D eigenvalue weighted by Gasteiger charge is 2.27. The van der Waals surface area contributed by atoms with Crippen LogP contribution in [0.5, 0.6) is 0 Å². The maximum atomic E-state index is 10.9. The van der Waals surface area contributed by atoms with E-state index < -0.39 is 11.4 Å². The Labute approximate surface area is 165 Å². The predicted octanol–water partition coefficient (Wildman–Crippen LogP) is -0.564. The van der Waals surface area contributed by atoms with Gasteiger partial charge in [0.05, 0.1) is 12.6 Å². The van der Waals surface area contributed by atoms with Crippen molar-refractivity contribution in [3.8, 4) is 0 Å². The summed E-state index contributed by atoms with van der Waals surface area (Å²) in [6.07, 6.45) is 3.85. The van der Waals surface area contributed by atoms with Crippen molar-refractivity contribution >= 4 is 28.9 Å². The van der Waals surface area contributed by atoms with Crippen LogP contribution in [-0.4, -0.2) is 78.1 Å². The fraction of sp³-hybridized carbons (Fsp3) is 0.800. The number of halogens is 1. The number of nitrogens with two attached hydrogens (primary N) is 3. The molecule has 2 atom stereocenters. The Kier molecular flexibility index (Phi) is 17.1. The van der Waals surface area contributed by atoms with Gasteiger partial charge < -0.3 is 9.84 Å². The van der Waals surface area contributed by atoms with Gasteiger partial charge in [-0.15, -0.1) is 0 Å². The molecular weight excluding hydrogens is 380 g/mol. The Morgan fingerprint density at radius 3 is 1.74 bits per heavy atom. The molecule has 160 valence electrons. The first-order valence-electron chi connectivity index (χ1n) is 8.53. The number of ether oxygens (including phenoxy) is 1. The van der Waals surface area contributed by atoms with Crippen LogP contribution in [0.25, 0.3) is 0 Å². The van der Waals surface area contributed by atoms with Crippen LogP contribution in [0.15, 0.2) is 0 Å². The molecule has 0 aromatic rings. The molecule has 8 N–H and O–H groups in total. The number of amides is 1. The van der Waals surface area contributed by atoms with Crippen LogP contribution in [0.3, 0.4) is 0 Å². The van der Waals surface area contributed by atoms with Gasteiger partial charge in [0.1, 0.15) is 6.04 Å². The van der Waals surface area contributed by atoms with Gasteiger partial charge in [-0.25, -0.2) is 10.6 Å². The zero-order valence-corrected chi connectivity index (χ0v) is 16.9. The molecule has 2 rings (SSSR count). The van der Waals surface area contributed by atoms with E-state index in [4.69, 9.17) is 22.6 Å². The molecule has 2 saturated heterocycles. The van der Waals surface area contributed by atoms with Crippen LogP contribution in [0, 0.1) is 0 Å². The second-order valence-electron chi connectivity index (χ2n) is 5.79. The first-order chi connectivity index (χ1) is 12.7. The maximum Gasteiger partial charge on any atom is 0.403 e. The van der Waals surface area contributed by atoms with E-state index in [9.17, 15) is 14.4 Å². The van der Waals surface area contributed by atoms with Gasteiger partial charge in [-0.3, -0.25) is 36.5 Å². The standard InChI is InChI=1S/C6H13N3O.C6H11NO2.C3H5ClO2.H4N2/c1-9-4-2-3-5(9)6(10)8-7;1-7-4-2-3-5(7)6(8)9;1-2-6-3(4)5;1-2/h5H,2-4,7H2,1H3,(H,8,10);5H,2-4H2,1H3,(H,8,9);2H2,1H3;1-2H2. The maximum absolute atomic E-state index is 10.9. The molecule has 12 heteroatoms. The molecule has 11 nitrogen and oxygen atoms in total. The molecule has 0 aromatic carbocycles. The van der Waals surface area contributed by atoms with Crippen molar-refractivity contribution in [1.82, 2.24) is 15.2 Å². The molecule has 0 spiro atoms. The van der Waals surface area contributed by atoms with E-state index in [0.29, 0.717) is 6.61 Å². The second kappa shape index (κ2) is 16.7. The number of likely N-dealkylation sites (tertiary alicyclic amines) is 2. The van der Waals surface area contributed by atoms with Gasteiger partial charge in [-0.05, 0) is 59.8 Å². The van der Waals surface area contributed by atoms with E-state index in [2.05, 4.69) is 21.8 Å². The summed E-state index contributed by atoms with van der Waals surface area (Å²) in [7, 11) is 3.79. The first-order valence-corrected chi connectivity index (χ1v) is 8.91. The minimum Gasteiger partial charge on any atom is -0.480 e. The van der Waals surface area contributed by atoms with Gasteiger partial charge in [0.15, 0.2) is 0 Å².